The Morgan fingerprint density at radius 3 is 1.98 bits per heavy atom. The molecule has 0 radical (unpaired) electrons. The van der Waals surface area contributed by atoms with Crippen LogP contribution in [-0.2, 0) is 5.75 Å². The van der Waals surface area contributed by atoms with Crippen molar-refractivity contribution >= 4 is 72.0 Å². The fourth-order valence-corrected chi connectivity index (χ4v) is 8.76. The molecule has 2 heterocycles. The number of para-hydroxylation sites is 1. The second-order valence-electron chi connectivity index (χ2n) is 13.1. The van der Waals surface area contributed by atoms with E-state index < -0.39 is 0 Å². The van der Waals surface area contributed by atoms with E-state index in [9.17, 15) is 0 Å². The van der Waals surface area contributed by atoms with Crippen molar-refractivity contribution in [2.45, 2.75) is 10.6 Å². The predicted molar refractivity (Wildman–Crippen MR) is 217 cm³/mol. The zero-order valence-corrected chi connectivity index (χ0v) is 28.5. The fraction of sp³-hybridized carbons (Fsp3) is 0.0213. The molecule has 0 aliphatic heterocycles. The van der Waals surface area contributed by atoms with Crippen molar-refractivity contribution in [2.75, 3.05) is 5.73 Å². The summed E-state index contributed by atoms with van der Waals surface area (Å²) in [6, 6.07) is 60.7. The number of hydrogen-bond donors (Lipinski definition) is 1. The van der Waals surface area contributed by atoms with E-state index in [1.807, 2.05) is 24.3 Å². The maximum atomic E-state index is 6.57. The van der Waals surface area contributed by atoms with E-state index >= 15 is 0 Å². The number of anilines is 1. The van der Waals surface area contributed by atoms with Crippen molar-refractivity contribution in [3.05, 3.63) is 175 Å². The number of nitrogen functional groups attached to an aromatic ring is 1. The lowest BCUT2D eigenvalue weighted by atomic mass is 9.94. The number of nitrogens with two attached hydrogens (primary N) is 1. The van der Waals surface area contributed by atoms with Crippen LogP contribution in [0.15, 0.2) is 179 Å². The van der Waals surface area contributed by atoms with Crippen molar-refractivity contribution in [3.8, 4) is 27.9 Å². The van der Waals surface area contributed by atoms with E-state index in [1.165, 1.54) is 60.4 Å². The van der Waals surface area contributed by atoms with Gasteiger partial charge < -0.3 is 14.7 Å². The van der Waals surface area contributed by atoms with Crippen molar-refractivity contribution < 1.29 is 4.42 Å². The molecule has 0 saturated heterocycles. The standard InChI is InChI=1S/C47H32N2OS/c48-41-24-26-44-45(37-17-9-10-18-43(37)50-44)47(41)51-29-30-19-22-34(23-20-30)49-42-25-21-33(31-11-3-1-4-12-31)27-39(42)40-28-38(32-13-5-2-6-14-32)35-15-7-8-16-36(35)46(40)49/h1-28H,29,48H2. The largest absolute Gasteiger partial charge is 0.456 e. The highest BCUT2D eigenvalue weighted by molar-refractivity contribution is 7.99. The number of thioether (sulfide) groups is 1. The van der Waals surface area contributed by atoms with Crippen LogP contribution < -0.4 is 5.73 Å². The number of aromatic nitrogens is 1. The molecule has 10 rings (SSSR count). The molecule has 242 valence electrons. The first-order valence-electron chi connectivity index (χ1n) is 17.2. The molecule has 0 saturated carbocycles. The summed E-state index contributed by atoms with van der Waals surface area (Å²) in [5.41, 5.74) is 18.8. The molecule has 3 nitrogen and oxygen atoms in total. The number of fused-ring (bicyclic) bond motifs is 8. The van der Waals surface area contributed by atoms with E-state index in [0.717, 1.165) is 44.0 Å². The lowest BCUT2D eigenvalue weighted by molar-refractivity contribution is 0.668. The molecule has 8 aromatic carbocycles. The highest BCUT2D eigenvalue weighted by Crippen LogP contribution is 2.43. The summed E-state index contributed by atoms with van der Waals surface area (Å²) in [5, 5.41) is 7.16. The molecule has 2 aromatic heterocycles. The first-order chi connectivity index (χ1) is 25.2. The monoisotopic (exact) mass is 672 g/mol. The third-order valence-corrected chi connectivity index (χ3v) is 11.3. The Bertz CT molecular complexity index is 2910. The molecular formula is C47H32N2OS. The summed E-state index contributed by atoms with van der Waals surface area (Å²) in [4.78, 5) is 1.07. The topological polar surface area (TPSA) is 44.1 Å². The molecule has 0 bridgehead atoms. The van der Waals surface area contributed by atoms with Gasteiger partial charge in [0.2, 0.25) is 0 Å². The average Bonchev–Trinajstić information content (AvgIpc) is 3.74. The molecule has 10 aromatic rings. The minimum Gasteiger partial charge on any atom is -0.456 e. The summed E-state index contributed by atoms with van der Waals surface area (Å²) < 4.78 is 8.60. The van der Waals surface area contributed by atoms with E-state index in [1.54, 1.807) is 11.8 Å². The zero-order chi connectivity index (χ0) is 33.9. The molecule has 0 fully saturated rings. The maximum Gasteiger partial charge on any atom is 0.136 e. The quantitative estimate of drug-likeness (QED) is 0.141. The molecule has 0 aliphatic carbocycles. The molecular weight excluding hydrogens is 641 g/mol. The van der Waals surface area contributed by atoms with Gasteiger partial charge in [0.15, 0.2) is 0 Å². The van der Waals surface area contributed by atoms with Crippen molar-refractivity contribution in [1.29, 1.82) is 0 Å². The number of benzene rings is 8. The fourth-order valence-electron chi connectivity index (χ4n) is 7.66. The van der Waals surface area contributed by atoms with Crippen LogP contribution in [0.1, 0.15) is 5.56 Å². The Morgan fingerprint density at radius 1 is 0.510 bits per heavy atom. The van der Waals surface area contributed by atoms with Crippen LogP contribution in [0.4, 0.5) is 5.69 Å². The second-order valence-corrected chi connectivity index (χ2v) is 14.1. The lowest BCUT2D eigenvalue weighted by Gasteiger charge is -2.13. The minimum atomic E-state index is 0.776. The van der Waals surface area contributed by atoms with Crippen LogP contribution in [0.5, 0.6) is 0 Å². The van der Waals surface area contributed by atoms with Crippen molar-refractivity contribution in [1.82, 2.24) is 4.57 Å². The first kappa shape index (κ1) is 29.7. The molecule has 0 amide bonds. The SMILES string of the molecule is Nc1ccc2oc3ccccc3c2c1SCc1ccc(-n2c3ccc(-c4ccccc4)cc3c3cc(-c4ccccc4)c4ccccc4c32)cc1. The Hall–Kier alpha value is -6.23. The van der Waals surface area contributed by atoms with Crippen LogP contribution in [0.2, 0.25) is 0 Å². The van der Waals surface area contributed by atoms with Gasteiger partial charge >= 0.3 is 0 Å². The van der Waals surface area contributed by atoms with Crippen molar-refractivity contribution in [3.63, 3.8) is 0 Å². The van der Waals surface area contributed by atoms with Gasteiger partial charge in [0.25, 0.3) is 0 Å². The number of rotatable bonds is 6. The number of furan rings is 1. The number of hydrogen-bond acceptors (Lipinski definition) is 3. The van der Waals surface area contributed by atoms with Gasteiger partial charge in [0.1, 0.15) is 11.2 Å². The van der Waals surface area contributed by atoms with Gasteiger partial charge in [-0.15, -0.1) is 11.8 Å². The molecule has 0 aliphatic rings. The summed E-state index contributed by atoms with van der Waals surface area (Å²) in [5.74, 6) is 0.792. The van der Waals surface area contributed by atoms with E-state index in [0.29, 0.717) is 0 Å². The van der Waals surface area contributed by atoms with Crippen LogP contribution in [0, 0.1) is 0 Å². The smallest absolute Gasteiger partial charge is 0.136 e. The molecule has 51 heavy (non-hydrogen) atoms. The van der Waals surface area contributed by atoms with Gasteiger partial charge in [-0.3, -0.25) is 0 Å². The predicted octanol–water partition coefficient (Wildman–Crippen LogP) is 13.0. The molecule has 0 unspecified atom stereocenters. The van der Waals surface area contributed by atoms with Crippen molar-refractivity contribution in [2.24, 2.45) is 0 Å². The minimum absolute atomic E-state index is 0.776. The summed E-state index contributed by atoms with van der Waals surface area (Å²) in [6.45, 7) is 0. The molecule has 0 atom stereocenters. The Kier molecular flexibility index (Phi) is 6.97. The van der Waals surface area contributed by atoms with Gasteiger partial charge in [-0.2, -0.15) is 0 Å². The Morgan fingerprint density at radius 2 is 1.20 bits per heavy atom. The average molecular weight is 673 g/mol. The zero-order valence-electron chi connectivity index (χ0n) is 27.7. The summed E-state index contributed by atoms with van der Waals surface area (Å²) in [7, 11) is 0. The second kappa shape index (κ2) is 12.0. The Balaban J connectivity index is 1.12. The highest BCUT2D eigenvalue weighted by atomic mass is 32.2. The summed E-state index contributed by atoms with van der Waals surface area (Å²) in [6.07, 6.45) is 0. The van der Waals surface area contributed by atoms with Gasteiger partial charge in [0.05, 0.1) is 11.0 Å². The summed E-state index contributed by atoms with van der Waals surface area (Å²) >= 11 is 1.77. The first-order valence-corrected chi connectivity index (χ1v) is 18.2. The van der Waals surface area contributed by atoms with E-state index in [2.05, 4.69) is 150 Å². The number of nitrogens with zero attached hydrogens (tertiary/aromatic N) is 1. The Labute approximate surface area is 299 Å². The maximum absolute atomic E-state index is 6.57. The van der Waals surface area contributed by atoms with Crippen LogP contribution >= 0.6 is 11.8 Å². The van der Waals surface area contributed by atoms with Gasteiger partial charge in [0, 0.05) is 49.0 Å². The van der Waals surface area contributed by atoms with E-state index in [-0.39, 0.29) is 0 Å². The third kappa shape index (κ3) is 4.91. The van der Waals surface area contributed by atoms with Crippen LogP contribution in [0.3, 0.4) is 0 Å². The van der Waals surface area contributed by atoms with Gasteiger partial charge in [-0.1, -0.05) is 121 Å². The van der Waals surface area contributed by atoms with E-state index in [4.69, 9.17) is 10.2 Å². The highest BCUT2D eigenvalue weighted by Gasteiger charge is 2.19. The normalized spacial score (nSPS) is 11.8. The molecule has 4 heteroatoms. The molecule has 2 N–H and O–H groups in total. The molecule has 0 spiro atoms. The van der Waals surface area contributed by atoms with Gasteiger partial charge in [-0.05, 0) is 81.7 Å². The third-order valence-electron chi connectivity index (χ3n) is 10.1. The lowest BCUT2D eigenvalue weighted by Crippen LogP contribution is -1.96. The van der Waals surface area contributed by atoms with Crippen LogP contribution in [0.25, 0.3) is 82.5 Å². The van der Waals surface area contributed by atoms with Crippen LogP contribution in [-0.4, -0.2) is 4.57 Å². The van der Waals surface area contributed by atoms with Gasteiger partial charge in [-0.25, -0.2) is 0 Å².